The Morgan fingerprint density at radius 1 is 1.19 bits per heavy atom. The molecule has 4 fully saturated rings. The van der Waals surface area contributed by atoms with Gasteiger partial charge in [0.15, 0.2) is 5.69 Å². The number of alkyl halides is 3. The fraction of sp³-hybridized carbons (Fsp3) is 0.783. The SMILES string of the molecule is CCCC1CC2CC(C1)C2(C)C.Cc1ncc(C(=O)N2CCOCC2)c(C(F)(F)F)n1. The molecule has 0 aromatic carbocycles. The highest BCUT2D eigenvalue weighted by atomic mass is 19.4. The standard InChI is InChI=1S/C12H22.C11H12F3N3O2/c1-4-5-9-6-10-8-11(7-9)12(10,2)3;1-7-15-6-8(9(16-7)11(12,13)14)10(18)17-2-4-19-5-3-17/h9-11H,4-8H2,1-3H3;6H,2-5H2,1H3. The fourth-order valence-corrected chi connectivity index (χ4v) is 5.25. The minimum absolute atomic E-state index is 0.0224. The van der Waals surface area contributed by atoms with Crippen molar-refractivity contribution in [2.75, 3.05) is 26.3 Å². The molecule has 0 N–H and O–H groups in total. The zero-order chi connectivity index (χ0) is 22.8. The zero-order valence-electron chi connectivity index (χ0n) is 19.0. The van der Waals surface area contributed by atoms with Gasteiger partial charge in [-0.25, -0.2) is 9.97 Å². The number of aryl methyl sites for hydroxylation is 1. The molecule has 1 aromatic rings. The molecular formula is C23H34F3N3O2. The molecule has 5 nitrogen and oxygen atoms in total. The quantitative estimate of drug-likeness (QED) is 0.652. The molecular weight excluding hydrogens is 407 g/mol. The number of fused-ring (bicyclic) bond motifs is 2. The minimum atomic E-state index is -4.68. The van der Waals surface area contributed by atoms with Gasteiger partial charge in [0.25, 0.3) is 5.91 Å². The van der Waals surface area contributed by atoms with Crippen LogP contribution in [0.5, 0.6) is 0 Å². The highest BCUT2D eigenvalue weighted by Gasteiger charge is 2.52. The van der Waals surface area contributed by atoms with Gasteiger partial charge < -0.3 is 9.64 Å². The van der Waals surface area contributed by atoms with Crippen molar-refractivity contribution in [3.63, 3.8) is 0 Å². The zero-order valence-corrected chi connectivity index (χ0v) is 19.0. The van der Waals surface area contributed by atoms with E-state index in [1.165, 1.54) is 37.5 Å². The Balaban J connectivity index is 0.000000194. The van der Waals surface area contributed by atoms with Crippen LogP contribution in [-0.2, 0) is 10.9 Å². The molecule has 2 heterocycles. The lowest BCUT2D eigenvalue weighted by atomic mass is 9.46. The van der Waals surface area contributed by atoms with Crippen molar-refractivity contribution in [2.24, 2.45) is 23.2 Å². The molecule has 2 atom stereocenters. The second kappa shape index (κ2) is 9.43. The molecule has 0 spiro atoms. The number of rotatable bonds is 3. The van der Waals surface area contributed by atoms with E-state index in [2.05, 4.69) is 30.7 Å². The van der Waals surface area contributed by atoms with Gasteiger partial charge >= 0.3 is 6.18 Å². The largest absolute Gasteiger partial charge is 0.434 e. The highest BCUT2D eigenvalue weighted by molar-refractivity contribution is 5.95. The maximum Gasteiger partial charge on any atom is 0.434 e. The van der Waals surface area contributed by atoms with E-state index in [0.717, 1.165) is 24.0 Å². The first-order valence-electron chi connectivity index (χ1n) is 11.3. The number of hydrogen-bond acceptors (Lipinski definition) is 4. The minimum Gasteiger partial charge on any atom is -0.378 e. The van der Waals surface area contributed by atoms with Crippen molar-refractivity contribution in [2.45, 2.75) is 66.0 Å². The van der Waals surface area contributed by atoms with Crippen LogP contribution in [0.25, 0.3) is 0 Å². The summed E-state index contributed by atoms with van der Waals surface area (Å²) >= 11 is 0. The second-order valence-corrected chi connectivity index (χ2v) is 9.66. The van der Waals surface area contributed by atoms with E-state index >= 15 is 0 Å². The molecule has 0 radical (unpaired) electrons. The van der Waals surface area contributed by atoms with E-state index in [9.17, 15) is 18.0 Å². The van der Waals surface area contributed by atoms with Gasteiger partial charge in [0.1, 0.15) is 5.82 Å². The lowest BCUT2D eigenvalue weighted by molar-refractivity contribution is -0.141. The lowest BCUT2D eigenvalue weighted by Crippen LogP contribution is -2.50. The molecule has 1 amide bonds. The van der Waals surface area contributed by atoms with Crippen LogP contribution in [0.2, 0.25) is 0 Å². The third-order valence-corrected chi connectivity index (χ3v) is 7.31. The van der Waals surface area contributed by atoms with Gasteiger partial charge in [-0.05, 0) is 49.4 Å². The van der Waals surface area contributed by atoms with Crippen molar-refractivity contribution < 1.29 is 22.7 Å². The van der Waals surface area contributed by atoms with Gasteiger partial charge in [0.2, 0.25) is 0 Å². The van der Waals surface area contributed by atoms with Crippen LogP contribution in [0.4, 0.5) is 13.2 Å². The van der Waals surface area contributed by atoms with Gasteiger partial charge in [0, 0.05) is 19.3 Å². The van der Waals surface area contributed by atoms with Gasteiger partial charge in [-0.2, -0.15) is 13.2 Å². The van der Waals surface area contributed by atoms with Crippen LogP contribution in [0.1, 0.15) is 74.8 Å². The number of ether oxygens (including phenoxy) is 1. The van der Waals surface area contributed by atoms with E-state index in [1.54, 1.807) is 6.42 Å². The summed E-state index contributed by atoms with van der Waals surface area (Å²) in [6.07, 6.45) is 3.77. The second-order valence-electron chi connectivity index (χ2n) is 9.66. The Labute approximate surface area is 182 Å². The predicted molar refractivity (Wildman–Crippen MR) is 112 cm³/mol. The molecule has 174 valence electrons. The van der Waals surface area contributed by atoms with Gasteiger partial charge in [-0.15, -0.1) is 0 Å². The lowest BCUT2D eigenvalue weighted by Gasteiger charge is -2.59. The third kappa shape index (κ3) is 5.38. The summed E-state index contributed by atoms with van der Waals surface area (Å²) in [5.74, 6) is 2.51. The number of halogens is 3. The van der Waals surface area contributed by atoms with Gasteiger partial charge in [-0.1, -0.05) is 33.6 Å². The summed E-state index contributed by atoms with van der Waals surface area (Å²) in [5.41, 5.74) is -0.985. The summed E-state index contributed by atoms with van der Waals surface area (Å²) in [7, 11) is 0. The van der Waals surface area contributed by atoms with Crippen LogP contribution >= 0.6 is 0 Å². The number of carbonyl (C=O) groups is 1. The van der Waals surface area contributed by atoms with Gasteiger partial charge in [-0.3, -0.25) is 4.79 Å². The first-order chi connectivity index (χ1) is 14.5. The summed E-state index contributed by atoms with van der Waals surface area (Å²) in [6, 6.07) is 0. The molecule has 3 aliphatic carbocycles. The summed E-state index contributed by atoms with van der Waals surface area (Å²) in [6.45, 7) is 9.80. The number of morpholine rings is 1. The monoisotopic (exact) mass is 441 g/mol. The number of nitrogens with zero attached hydrogens (tertiary/aromatic N) is 3. The average molecular weight is 442 g/mol. The van der Waals surface area contributed by atoms with Crippen LogP contribution in [-0.4, -0.2) is 47.1 Å². The Morgan fingerprint density at radius 2 is 1.81 bits per heavy atom. The first-order valence-corrected chi connectivity index (χ1v) is 11.3. The first kappa shape index (κ1) is 24.0. The molecule has 1 aromatic heterocycles. The molecule has 8 heteroatoms. The van der Waals surface area contributed by atoms with Crippen LogP contribution in [0.15, 0.2) is 6.20 Å². The Morgan fingerprint density at radius 3 is 2.32 bits per heavy atom. The van der Waals surface area contributed by atoms with Crippen LogP contribution < -0.4 is 0 Å². The average Bonchev–Trinajstić information content (AvgIpc) is 2.74. The Kier molecular flexibility index (Phi) is 7.28. The Bertz CT molecular complexity index is 762. The molecule has 31 heavy (non-hydrogen) atoms. The summed E-state index contributed by atoms with van der Waals surface area (Å²) < 4.78 is 43.7. The molecule has 1 aliphatic heterocycles. The summed E-state index contributed by atoms with van der Waals surface area (Å²) in [5, 5.41) is 0. The molecule has 3 saturated carbocycles. The Hall–Kier alpha value is -1.70. The van der Waals surface area contributed by atoms with E-state index in [4.69, 9.17) is 4.74 Å². The topological polar surface area (TPSA) is 55.3 Å². The van der Waals surface area contributed by atoms with Crippen molar-refractivity contribution in [3.05, 3.63) is 23.3 Å². The molecule has 1 saturated heterocycles. The molecule has 5 rings (SSSR count). The van der Waals surface area contributed by atoms with Crippen LogP contribution in [0, 0.1) is 30.1 Å². The van der Waals surface area contributed by atoms with Crippen LogP contribution in [0.3, 0.4) is 0 Å². The van der Waals surface area contributed by atoms with E-state index in [-0.39, 0.29) is 18.9 Å². The number of hydrogen-bond donors (Lipinski definition) is 0. The third-order valence-electron chi connectivity index (χ3n) is 7.31. The van der Waals surface area contributed by atoms with Crippen molar-refractivity contribution in [1.29, 1.82) is 0 Å². The molecule has 2 unspecified atom stereocenters. The maximum atomic E-state index is 12.9. The fourth-order valence-electron chi connectivity index (χ4n) is 5.25. The number of carbonyl (C=O) groups excluding carboxylic acids is 1. The number of amides is 1. The highest BCUT2D eigenvalue weighted by Crippen LogP contribution is 2.61. The van der Waals surface area contributed by atoms with E-state index in [0.29, 0.717) is 18.6 Å². The normalized spacial score (nSPS) is 27.1. The smallest absolute Gasteiger partial charge is 0.378 e. The van der Waals surface area contributed by atoms with Crippen molar-refractivity contribution >= 4 is 5.91 Å². The predicted octanol–water partition coefficient (Wildman–Crippen LogP) is 5.14. The molecule has 2 bridgehead atoms. The van der Waals surface area contributed by atoms with Crippen molar-refractivity contribution in [3.8, 4) is 0 Å². The van der Waals surface area contributed by atoms with Gasteiger partial charge in [0.05, 0.1) is 18.8 Å². The molecule has 4 aliphatic rings. The maximum absolute atomic E-state index is 12.9. The van der Waals surface area contributed by atoms with Crippen molar-refractivity contribution in [1.82, 2.24) is 14.9 Å². The van der Waals surface area contributed by atoms with E-state index in [1.807, 2.05) is 0 Å². The van der Waals surface area contributed by atoms with E-state index < -0.39 is 23.3 Å². The summed E-state index contributed by atoms with van der Waals surface area (Å²) in [4.78, 5) is 20.4. The number of aromatic nitrogens is 2.